The molecule has 0 aromatic carbocycles. The van der Waals surface area contributed by atoms with Crippen molar-refractivity contribution in [2.75, 3.05) is 7.11 Å². The predicted molar refractivity (Wildman–Crippen MR) is 89.0 cm³/mol. The summed E-state index contributed by atoms with van der Waals surface area (Å²) in [5.41, 5.74) is 0.427. The molecule has 7 heteroatoms. The number of allylic oxidation sites excluding steroid dienone is 1. The van der Waals surface area contributed by atoms with Crippen molar-refractivity contribution >= 4 is 23.0 Å². The molecule has 0 aliphatic rings. The van der Waals surface area contributed by atoms with Gasteiger partial charge in [0.2, 0.25) is 5.95 Å². The summed E-state index contributed by atoms with van der Waals surface area (Å²) in [5, 5.41) is -0.119. The number of pyridine rings is 1. The molecule has 0 spiro atoms. The Hall–Kier alpha value is -0.820. The van der Waals surface area contributed by atoms with Crippen molar-refractivity contribution in [3.05, 3.63) is 35.4 Å². The molecule has 1 rings (SSSR count). The first-order valence-electron chi connectivity index (χ1n) is 6.89. The van der Waals surface area contributed by atoms with Gasteiger partial charge in [-0.25, -0.2) is 4.98 Å². The fourth-order valence-corrected chi connectivity index (χ4v) is 2.92. The highest BCUT2D eigenvalue weighted by Crippen LogP contribution is 2.36. The molecule has 4 nitrogen and oxygen atoms in total. The van der Waals surface area contributed by atoms with Crippen LogP contribution in [0.3, 0.4) is 0 Å². The minimum absolute atomic E-state index is 0.119. The van der Waals surface area contributed by atoms with E-state index in [1.54, 1.807) is 6.08 Å². The van der Waals surface area contributed by atoms with Crippen LogP contribution in [-0.4, -0.2) is 21.4 Å². The molecule has 0 aliphatic carbocycles. The molecule has 0 bridgehead atoms. The molecule has 0 saturated carbocycles. The predicted octanol–water partition coefficient (Wildman–Crippen LogP) is 3.94. The van der Waals surface area contributed by atoms with Crippen LogP contribution in [0.2, 0.25) is 5.02 Å². The van der Waals surface area contributed by atoms with E-state index in [1.165, 1.54) is 13.3 Å². The van der Waals surface area contributed by atoms with Gasteiger partial charge in [0.15, 0.2) is 0 Å². The van der Waals surface area contributed by atoms with E-state index in [-0.39, 0.29) is 5.02 Å². The Bertz CT molecular complexity index is 523. The van der Waals surface area contributed by atoms with Crippen LogP contribution in [0.25, 0.3) is 0 Å². The first kappa shape index (κ1) is 19.2. The number of rotatable bonds is 7. The molecule has 0 fully saturated rings. The first-order valence-corrected chi connectivity index (χ1v) is 8.42. The van der Waals surface area contributed by atoms with E-state index < -0.39 is 28.1 Å². The Morgan fingerprint density at radius 1 is 1.59 bits per heavy atom. The number of hydrogen-bond donors (Lipinski definition) is 1. The molecule has 0 amide bonds. The summed E-state index contributed by atoms with van der Waals surface area (Å²) in [6.45, 7) is 9.24. The molecular formula is C15H22ClFN2O2S. The number of ether oxygens (including phenoxy) is 1. The van der Waals surface area contributed by atoms with Gasteiger partial charge in [-0.1, -0.05) is 17.7 Å². The van der Waals surface area contributed by atoms with E-state index in [0.29, 0.717) is 24.2 Å². The number of hydrogen-bond acceptors (Lipinski definition) is 4. The number of halogens is 2. The van der Waals surface area contributed by atoms with Gasteiger partial charge in [-0.05, 0) is 33.6 Å². The third-order valence-electron chi connectivity index (χ3n) is 3.01. The summed E-state index contributed by atoms with van der Waals surface area (Å²) < 4.78 is 33.9. The van der Waals surface area contributed by atoms with Crippen LogP contribution in [0, 0.1) is 5.95 Å². The van der Waals surface area contributed by atoms with Crippen molar-refractivity contribution in [2.45, 2.75) is 44.4 Å². The van der Waals surface area contributed by atoms with Gasteiger partial charge in [0.1, 0.15) is 15.5 Å². The summed E-state index contributed by atoms with van der Waals surface area (Å²) in [6.07, 6.45) is 4.24. The third-order valence-corrected chi connectivity index (χ3v) is 4.98. The number of nitrogens with zero attached hydrogens (tertiary/aromatic N) is 1. The third kappa shape index (κ3) is 4.84. The molecule has 0 radical (unpaired) electrons. The topological polar surface area (TPSA) is 57.2 Å². The van der Waals surface area contributed by atoms with Crippen molar-refractivity contribution < 1.29 is 13.7 Å². The summed E-state index contributed by atoms with van der Waals surface area (Å²) >= 11 is 4.73. The van der Waals surface area contributed by atoms with E-state index >= 15 is 0 Å². The Morgan fingerprint density at radius 3 is 2.73 bits per heavy atom. The maximum atomic E-state index is 13.7. The molecule has 1 N–H and O–H groups in total. The zero-order chi connectivity index (χ0) is 16.9. The molecule has 1 heterocycles. The quantitative estimate of drug-likeness (QED) is 0.460. The molecule has 2 unspecified atom stereocenters. The molecular weight excluding hydrogens is 327 g/mol. The second kappa shape index (κ2) is 8.15. The van der Waals surface area contributed by atoms with Crippen LogP contribution >= 0.6 is 11.6 Å². The summed E-state index contributed by atoms with van der Waals surface area (Å²) in [4.78, 5) is 3.55. The van der Waals surface area contributed by atoms with E-state index in [9.17, 15) is 8.94 Å². The smallest absolute Gasteiger partial charge is 0.232 e. The van der Waals surface area contributed by atoms with Gasteiger partial charge < -0.3 is 9.29 Å². The Morgan fingerprint density at radius 2 is 2.23 bits per heavy atom. The highest BCUT2D eigenvalue weighted by Gasteiger charge is 2.32. The van der Waals surface area contributed by atoms with E-state index in [0.717, 1.165) is 0 Å². The SMILES string of the molecule is C=CCCC(N[S+]([O-])C(C)(C)C)c1c(OC)cnc(F)c1Cl. The van der Waals surface area contributed by atoms with Crippen molar-refractivity contribution in [2.24, 2.45) is 0 Å². The van der Waals surface area contributed by atoms with Gasteiger partial charge in [-0.2, -0.15) is 4.39 Å². The molecule has 2 atom stereocenters. The normalized spacial score (nSPS) is 14.5. The average Bonchev–Trinajstić information content (AvgIpc) is 2.45. The van der Waals surface area contributed by atoms with Crippen LogP contribution in [-0.2, 0) is 11.4 Å². The fraction of sp³-hybridized carbons (Fsp3) is 0.533. The molecule has 0 aliphatic heterocycles. The van der Waals surface area contributed by atoms with Crippen LogP contribution in [0.5, 0.6) is 5.75 Å². The zero-order valence-corrected chi connectivity index (χ0v) is 14.9. The largest absolute Gasteiger partial charge is 0.598 e. The van der Waals surface area contributed by atoms with Gasteiger partial charge in [0.05, 0.1) is 19.3 Å². The van der Waals surface area contributed by atoms with Crippen molar-refractivity contribution in [3.8, 4) is 5.75 Å². The minimum atomic E-state index is -1.34. The van der Waals surface area contributed by atoms with Crippen LogP contribution in [0.15, 0.2) is 18.9 Å². The number of nitrogens with one attached hydrogen (secondary N) is 1. The maximum absolute atomic E-state index is 13.7. The monoisotopic (exact) mass is 348 g/mol. The standard InChI is InChI=1S/C15H22ClFN2O2S/c1-6-7-8-10(19-22(20)15(2,3)4)12-11(21-5)9-18-14(17)13(12)16/h6,9-10,19H,1,7-8H2,2-5H3. The van der Waals surface area contributed by atoms with Crippen molar-refractivity contribution in [1.82, 2.24) is 9.71 Å². The van der Waals surface area contributed by atoms with Crippen molar-refractivity contribution in [1.29, 1.82) is 0 Å². The molecule has 22 heavy (non-hydrogen) atoms. The number of aromatic nitrogens is 1. The molecule has 1 aromatic rings. The Balaban J connectivity index is 3.22. The van der Waals surface area contributed by atoms with Crippen LogP contribution < -0.4 is 9.46 Å². The Labute approximate surface area is 139 Å². The minimum Gasteiger partial charge on any atom is -0.598 e. The maximum Gasteiger partial charge on any atom is 0.232 e. The van der Waals surface area contributed by atoms with Crippen molar-refractivity contribution in [3.63, 3.8) is 0 Å². The van der Waals surface area contributed by atoms with Gasteiger partial charge >= 0.3 is 0 Å². The van der Waals surface area contributed by atoms with Gasteiger partial charge in [-0.15, -0.1) is 11.3 Å². The van der Waals surface area contributed by atoms with Gasteiger partial charge in [0, 0.05) is 16.9 Å². The summed E-state index contributed by atoms with van der Waals surface area (Å²) in [6, 6.07) is -0.432. The lowest BCUT2D eigenvalue weighted by molar-refractivity contribution is 0.395. The highest BCUT2D eigenvalue weighted by atomic mass is 35.5. The zero-order valence-electron chi connectivity index (χ0n) is 13.3. The Kier molecular flexibility index (Phi) is 7.12. The lowest BCUT2D eigenvalue weighted by Crippen LogP contribution is -2.41. The van der Waals surface area contributed by atoms with Crippen LogP contribution in [0.4, 0.5) is 4.39 Å². The molecule has 0 saturated heterocycles. The van der Waals surface area contributed by atoms with Gasteiger partial charge in [-0.3, -0.25) is 0 Å². The number of methoxy groups -OCH3 is 1. The van der Waals surface area contributed by atoms with Gasteiger partial charge in [0.25, 0.3) is 0 Å². The summed E-state index contributed by atoms with van der Waals surface area (Å²) in [7, 11) is 1.46. The van der Waals surface area contributed by atoms with E-state index in [4.69, 9.17) is 16.3 Å². The van der Waals surface area contributed by atoms with E-state index in [2.05, 4.69) is 16.3 Å². The van der Waals surface area contributed by atoms with E-state index in [1.807, 2.05) is 20.8 Å². The highest BCUT2D eigenvalue weighted by molar-refractivity contribution is 7.90. The van der Waals surface area contributed by atoms with Crippen LogP contribution in [0.1, 0.15) is 45.2 Å². The molecule has 124 valence electrons. The molecule has 1 aromatic heterocycles. The summed E-state index contributed by atoms with van der Waals surface area (Å²) in [5.74, 6) is -0.414. The second-order valence-corrected chi connectivity index (χ2v) is 8.14. The average molecular weight is 349 g/mol. The lowest BCUT2D eigenvalue weighted by Gasteiger charge is -2.29. The first-order chi connectivity index (χ1) is 10.2. The second-order valence-electron chi connectivity index (χ2n) is 5.76. The fourth-order valence-electron chi connectivity index (χ4n) is 1.80. The lowest BCUT2D eigenvalue weighted by atomic mass is 10.0.